The van der Waals surface area contributed by atoms with Gasteiger partial charge in [0.15, 0.2) is 6.10 Å². The van der Waals surface area contributed by atoms with Crippen molar-refractivity contribution in [2.24, 2.45) is 0 Å². The molecule has 1 fully saturated rings. The molecule has 1 aliphatic carbocycles. The van der Waals surface area contributed by atoms with Crippen LogP contribution in [-0.2, 0) is 32.7 Å². The highest BCUT2D eigenvalue weighted by molar-refractivity contribution is 7.47. The minimum atomic E-state index is -5.12. The lowest BCUT2D eigenvalue weighted by Crippen LogP contribution is -2.64. The number of ether oxygens (including phenoxy) is 2. The number of esters is 2. The second kappa shape index (κ2) is 38.6. The van der Waals surface area contributed by atoms with E-state index < -0.39 is 75.7 Å². The van der Waals surface area contributed by atoms with E-state index in [9.17, 15) is 44.6 Å². The number of carbonyl (C=O) groups is 2. The van der Waals surface area contributed by atoms with Gasteiger partial charge in [0.2, 0.25) is 0 Å². The van der Waals surface area contributed by atoms with Crippen molar-refractivity contribution in [1.29, 1.82) is 0 Å². The van der Waals surface area contributed by atoms with Crippen LogP contribution in [0.2, 0.25) is 0 Å². The number of allylic oxidation sites excluding steroid dienone is 4. The molecule has 14 heteroatoms. The summed E-state index contributed by atoms with van der Waals surface area (Å²) in [6, 6.07) is 0. The largest absolute Gasteiger partial charge is 0.472 e. The molecule has 0 heterocycles. The molecule has 0 aromatic rings. The van der Waals surface area contributed by atoms with Crippen molar-refractivity contribution in [2.45, 2.75) is 256 Å². The smallest absolute Gasteiger partial charge is 0.462 e. The van der Waals surface area contributed by atoms with E-state index in [4.69, 9.17) is 18.5 Å². The molecule has 62 heavy (non-hydrogen) atoms. The minimum Gasteiger partial charge on any atom is -0.462 e. The zero-order chi connectivity index (χ0) is 45.7. The number of aliphatic hydroxyl groups is 5. The van der Waals surface area contributed by atoms with Gasteiger partial charge in [0.1, 0.15) is 43.2 Å². The highest BCUT2D eigenvalue weighted by atomic mass is 31.2. The van der Waals surface area contributed by atoms with Crippen molar-refractivity contribution < 1.29 is 63.1 Å². The van der Waals surface area contributed by atoms with E-state index in [-0.39, 0.29) is 12.8 Å². The summed E-state index contributed by atoms with van der Waals surface area (Å²) in [7, 11) is -5.12. The van der Waals surface area contributed by atoms with Crippen LogP contribution in [0.4, 0.5) is 0 Å². The number of hydrogen-bond donors (Lipinski definition) is 6. The Morgan fingerprint density at radius 1 is 0.500 bits per heavy atom. The molecule has 6 N–H and O–H groups in total. The fourth-order valence-electron chi connectivity index (χ4n) is 7.55. The lowest BCUT2D eigenvalue weighted by Gasteiger charge is -2.41. The van der Waals surface area contributed by atoms with Gasteiger partial charge >= 0.3 is 19.8 Å². The first kappa shape index (κ1) is 58.3. The summed E-state index contributed by atoms with van der Waals surface area (Å²) in [6.07, 6.45) is 29.4. The van der Waals surface area contributed by atoms with Crippen LogP contribution in [-0.4, -0.2) is 98.3 Å². The topological polar surface area (TPSA) is 210 Å². The zero-order valence-electron chi connectivity index (χ0n) is 38.7. The second-order valence-electron chi connectivity index (χ2n) is 17.3. The van der Waals surface area contributed by atoms with Crippen molar-refractivity contribution in [3.8, 4) is 0 Å². The third-order valence-electron chi connectivity index (χ3n) is 11.5. The third-order valence-corrected chi connectivity index (χ3v) is 12.5. The molecule has 0 spiro atoms. The third kappa shape index (κ3) is 30.5. The molecule has 0 bridgehead atoms. The van der Waals surface area contributed by atoms with Crippen LogP contribution in [0.15, 0.2) is 24.3 Å². The van der Waals surface area contributed by atoms with Crippen LogP contribution in [0.1, 0.15) is 213 Å². The Morgan fingerprint density at radius 3 is 1.34 bits per heavy atom. The Balaban J connectivity index is 2.42. The van der Waals surface area contributed by atoms with E-state index in [2.05, 4.69) is 38.2 Å². The van der Waals surface area contributed by atoms with Crippen molar-refractivity contribution in [3.05, 3.63) is 24.3 Å². The van der Waals surface area contributed by atoms with Gasteiger partial charge in [-0.25, -0.2) is 4.57 Å². The Morgan fingerprint density at radius 2 is 0.871 bits per heavy atom. The van der Waals surface area contributed by atoms with Gasteiger partial charge in [-0.1, -0.05) is 179 Å². The molecular formula is C48H89O13P. The van der Waals surface area contributed by atoms with Crippen molar-refractivity contribution >= 4 is 19.8 Å². The summed E-state index contributed by atoms with van der Waals surface area (Å²) in [5.74, 6) is -1.11. The Bertz CT molecular complexity index is 1180. The summed E-state index contributed by atoms with van der Waals surface area (Å²) in [4.78, 5) is 35.8. The Hall–Kier alpha value is -1.67. The highest BCUT2D eigenvalue weighted by Crippen LogP contribution is 2.47. The van der Waals surface area contributed by atoms with E-state index in [1.54, 1.807) is 0 Å². The first-order valence-corrected chi connectivity index (χ1v) is 26.1. The maximum atomic E-state index is 12.8. The molecule has 1 aliphatic rings. The number of unbranched alkanes of at least 4 members (excludes halogenated alkanes) is 25. The van der Waals surface area contributed by atoms with Gasteiger partial charge in [-0.2, -0.15) is 0 Å². The molecule has 1 rings (SSSR count). The fourth-order valence-corrected chi connectivity index (χ4v) is 8.53. The van der Waals surface area contributed by atoms with Crippen molar-refractivity contribution in [2.75, 3.05) is 13.2 Å². The molecule has 0 radical (unpaired) electrons. The van der Waals surface area contributed by atoms with Crippen LogP contribution in [0.25, 0.3) is 0 Å². The van der Waals surface area contributed by atoms with Crippen LogP contribution >= 0.6 is 7.82 Å². The fraction of sp³-hybridized carbons (Fsp3) is 0.875. The predicted octanol–water partition coefficient (Wildman–Crippen LogP) is 10.0. The number of hydrogen-bond acceptors (Lipinski definition) is 12. The lowest BCUT2D eigenvalue weighted by molar-refractivity contribution is -0.220. The maximum Gasteiger partial charge on any atom is 0.472 e. The van der Waals surface area contributed by atoms with Crippen LogP contribution in [0.5, 0.6) is 0 Å². The first-order chi connectivity index (χ1) is 29.9. The number of carbonyl (C=O) groups excluding carboxylic acids is 2. The number of phosphoric ester groups is 1. The summed E-state index contributed by atoms with van der Waals surface area (Å²) >= 11 is 0. The van der Waals surface area contributed by atoms with Crippen LogP contribution in [0.3, 0.4) is 0 Å². The minimum absolute atomic E-state index is 0.0982. The molecule has 364 valence electrons. The molecule has 0 saturated heterocycles. The molecule has 0 aromatic heterocycles. The van der Waals surface area contributed by atoms with Crippen molar-refractivity contribution in [1.82, 2.24) is 0 Å². The second-order valence-corrected chi connectivity index (χ2v) is 18.7. The maximum absolute atomic E-state index is 12.8. The molecular weight excluding hydrogens is 815 g/mol. The van der Waals surface area contributed by atoms with Gasteiger partial charge in [-0.15, -0.1) is 0 Å². The lowest BCUT2D eigenvalue weighted by atomic mass is 9.85. The van der Waals surface area contributed by atoms with Gasteiger partial charge in [0.05, 0.1) is 6.61 Å². The van der Waals surface area contributed by atoms with Gasteiger partial charge in [0.25, 0.3) is 0 Å². The normalized spacial score (nSPS) is 22.0. The average molecular weight is 905 g/mol. The van der Waals surface area contributed by atoms with E-state index in [1.165, 1.54) is 109 Å². The summed E-state index contributed by atoms with van der Waals surface area (Å²) in [5.41, 5.74) is 0. The standard InChI is InChI=1S/C48H89O13P/c1-3-5-7-9-11-13-15-17-19-20-21-23-25-27-29-31-33-35-37-42(50)60-40(39-59-62(56,57)61-48-46(54)44(52)43(51)45(53)47(48)55)38-58-41(49)36-34-32-30-28-26-24-22-18-16-14-12-10-8-6-4-2/h12,14,18,22,40,43-48,51-55H,3-11,13,15-17,19-21,23-39H2,1-2H3,(H,56,57)/b14-12+,22-18+/t40-,43?,44+,45?,46?,47?,48?/m1/s1. The molecule has 6 unspecified atom stereocenters. The van der Waals surface area contributed by atoms with Gasteiger partial charge in [-0.3, -0.25) is 18.6 Å². The number of rotatable bonds is 41. The SMILES string of the molecule is CCCCC/C=C/C/C=C/CCCCCCCC(=O)OC[C@H](COP(=O)(O)OC1C(O)C(O)C(O)[C@H](O)C1O)OC(=O)CCCCCCCCCCCCCCCCCCCC. The van der Waals surface area contributed by atoms with E-state index in [0.29, 0.717) is 12.8 Å². The summed E-state index contributed by atoms with van der Waals surface area (Å²) in [5, 5.41) is 50.2. The van der Waals surface area contributed by atoms with Crippen molar-refractivity contribution in [3.63, 3.8) is 0 Å². The summed E-state index contributed by atoms with van der Waals surface area (Å²) in [6.45, 7) is 3.28. The van der Waals surface area contributed by atoms with E-state index >= 15 is 0 Å². The zero-order valence-corrected chi connectivity index (χ0v) is 39.6. The molecule has 1 saturated carbocycles. The van der Waals surface area contributed by atoms with Gasteiger partial charge < -0.3 is 39.9 Å². The molecule has 13 nitrogen and oxygen atoms in total. The molecule has 0 aliphatic heterocycles. The van der Waals surface area contributed by atoms with Gasteiger partial charge in [-0.05, 0) is 44.9 Å². The first-order valence-electron chi connectivity index (χ1n) is 24.6. The molecule has 8 atom stereocenters. The van der Waals surface area contributed by atoms with E-state index in [1.807, 2.05) is 0 Å². The monoisotopic (exact) mass is 905 g/mol. The Kier molecular flexibility index (Phi) is 36.3. The highest BCUT2D eigenvalue weighted by Gasteiger charge is 2.51. The van der Waals surface area contributed by atoms with Crippen LogP contribution in [0, 0.1) is 0 Å². The molecule has 0 aromatic carbocycles. The number of aliphatic hydroxyl groups excluding tert-OH is 5. The van der Waals surface area contributed by atoms with Gasteiger partial charge in [0, 0.05) is 12.8 Å². The van der Waals surface area contributed by atoms with Crippen LogP contribution < -0.4 is 0 Å². The summed E-state index contributed by atoms with van der Waals surface area (Å²) < 4.78 is 33.6. The van der Waals surface area contributed by atoms with E-state index in [0.717, 1.165) is 64.2 Å². The number of phosphoric acid groups is 1. The molecule has 0 amide bonds. The predicted molar refractivity (Wildman–Crippen MR) is 244 cm³/mol. The quantitative estimate of drug-likeness (QED) is 0.0146. The Labute approximate surface area is 375 Å². The average Bonchev–Trinajstić information content (AvgIpc) is 3.25.